The maximum Gasteiger partial charge on any atom is 0.258 e. The Hall–Kier alpha value is 1.00. The van der Waals surface area contributed by atoms with Gasteiger partial charge < -0.3 is 4.89 Å². The van der Waals surface area contributed by atoms with Gasteiger partial charge in [-0.15, -0.1) is 30.9 Å². The fraction of sp³-hybridized carbons (Fsp3) is 0.636. The summed E-state index contributed by atoms with van der Waals surface area (Å²) in [7, 11) is -2.46. The van der Waals surface area contributed by atoms with Crippen LogP contribution in [0.25, 0.3) is 0 Å². The number of halogens is 2. The molecule has 1 aliphatic carbocycles. The third kappa shape index (κ3) is 6.12. The molecular formula is C11H18Cl2O2PZr-. The van der Waals surface area contributed by atoms with Gasteiger partial charge in [0.2, 0.25) is 0 Å². The van der Waals surface area contributed by atoms with Gasteiger partial charge in [-0.05, 0) is 0 Å². The molecule has 0 N–H and O–H groups in total. The van der Waals surface area contributed by atoms with Gasteiger partial charge in [0.25, 0.3) is 8.03 Å². The summed E-state index contributed by atoms with van der Waals surface area (Å²) >= 11 is 0. The molecule has 1 rings (SSSR count). The fourth-order valence-electron chi connectivity index (χ4n) is 1.54. The van der Waals surface area contributed by atoms with Crippen molar-refractivity contribution in [2.24, 2.45) is 17.8 Å². The molecule has 6 heteroatoms. The van der Waals surface area contributed by atoms with Crippen LogP contribution in [-0.2, 0) is 30.8 Å². The van der Waals surface area contributed by atoms with Gasteiger partial charge in [0.05, 0.1) is 0 Å². The zero-order chi connectivity index (χ0) is 10.9. The molecule has 0 aromatic heterocycles. The fourth-order valence-corrected chi connectivity index (χ4v) is 2.34. The van der Waals surface area contributed by atoms with Crippen LogP contribution in [0.5, 0.6) is 0 Å². The van der Waals surface area contributed by atoms with E-state index in [2.05, 4.69) is 19.9 Å². The van der Waals surface area contributed by atoms with E-state index in [9.17, 15) is 9.46 Å². The minimum absolute atomic E-state index is 0. The van der Waals surface area contributed by atoms with Crippen molar-refractivity contribution in [3.05, 3.63) is 23.0 Å². The molecule has 0 bridgehead atoms. The first-order valence-electron chi connectivity index (χ1n) is 4.93. The van der Waals surface area contributed by atoms with Crippen molar-refractivity contribution < 1.29 is 35.7 Å². The van der Waals surface area contributed by atoms with Gasteiger partial charge in [0.15, 0.2) is 0 Å². The van der Waals surface area contributed by atoms with Crippen molar-refractivity contribution in [1.29, 1.82) is 0 Å². The Kier molecular flexibility index (Phi) is 13.4. The van der Waals surface area contributed by atoms with Crippen LogP contribution in [0.3, 0.4) is 0 Å². The van der Waals surface area contributed by atoms with Crippen LogP contribution >= 0.6 is 32.8 Å². The van der Waals surface area contributed by atoms with Crippen LogP contribution in [0.4, 0.5) is 0 Å². The second-order valence-corrected chi connectivity index (χ2v) is 5.29. The third-order valence-electron chi connectivity index (χ3n) is 2.43. The average Bonchev–Trinajstić information content (AvgIpc) is 2.47. The molecule has 0 spiro atoms. The Balaban J connectivity index is -0.000000653. The average molecular weight is 375 g/mol. The third-order valence-corrected chi connectivity index (χ3v) is 3.21. The Morgan fingerprint density at radius 2 is 1.76 bits per heavy atom. The zero-order valence-corrected chi connectivity index (χ0v) is 15.4. The second kappa shape index (κ2) is 9.87. The van der Waals surface area contributed by atoms with Crippen LogP contribution in [0.1, 0.15) is 27.7 Å². The first-order valence-corrected chi connectivity index (χ1v) is 6.11. The summed E-state index contributed by atoms with van der Waals surface area (Å²) in [5.74, 6) is 0.810. The van der Waals surface area contributed by atoms with Crippen LogP contribution < -0.4 is 4.89 Å². The minimum atomic E-state index is -2.46. The van der Waals surface area contributed by atoms with E-state index in [4.69, 9.17) is 0 Å². The summed E-state index contributed by atoms with van der Waals surface area (Å²) in [5.41, 5.74) is 0.861. The zero-order valence-electron chi connectivity index (χ0n) is 10.4. The largest absolute Gasteiger partial charge is 0.606 e. The summed E-state index contributed by atoms with van der Waals surface area (Å²) in [6.45, 7) is 8.15. The van der Waals surface area contributed by atoms with Crippen LogP contribution in [0, 0.1) is 23.8 Å². The Bertz CT molecular complexity index is 315. The number of allylic oxidation sites excluding steroid dienone is 4. The van der Waals surface area contributed by atoms with Crippen molar-refractivity contribution in [2.75, 3.05) is 0 Å². The maximum absolute atomic E-state index is 11.0. The quantitative estimate of drug-likeness (QED) is 0.560. The van der Waals surface area contributed by atoms with E-state index in [1.165, 1.54) is 0 Å². The molecule has 0 heterocycles. The van der Waals surface area contributed by atoms with Crippen molar-refractivity contribution in [1.82, 2.24) is 0 Å². The summed E-state index contributed by atoms with van der Waals surface area (Å²) in [6.07, 6.45) is 5.09. The first kappa shape index (κ1) is 23.1. The molecule has 0 fully saturated rings. The molecule has 2 unspecified atom stereocenters. The van der Waals surface area contributed by atoms with Crippen molar-refractivity contribution in [3.63, 3.8) is 0 Å². The number of hydrogen-bond donors (Lipinski definition) is 0. The normalized spacial score (nSPS) is 18.8. The standard InChI is InChI=1S/C11H16O2P.2ClH.Zr/c1-7(2)9-5-10(8(3)4)11(6-9)14(12)13;;;/h6-9H,1-4H3;2*1H;/q-1;;;. The van der Waals surface area contributed by atoms with Crippen LogP contribution in [-0.4, -0.2) is 0 Å². The van der Waals surface area contributed by atoms with E-state index in [0.717, 1.165) is 5.57 Å². The molecule has 1 aliphatic rings. The van der Waals surface area contributed by atoms with Crippen molar-refractivity contribution in [3.8, 4) is 0 Å². The van der Waals surface area contributed by atoms with Gasteiger partial charge in [-0.3, -0.25) is 6.08 Å². The second-order valence-electron chi connectivity index (χ2n) is 4.29. The first-order chi connectivity index (χ1) is 6.43. The van der Waals surface area contributed by atoms with E-state index in [-0.39, 0.29) is 62.9 Å². The molecule has 98 valence electrons. The van der Waals surface area contributed by atoms with E-state index >= 15 is 0 Å². The van der Waals surface area contributed by atoms with E-state index in [0.29, 0.717) is 11.2 Å². The van der Waals surface area contributed by atoms with E-state index in [1.54, 1.807) is 0 Å². The van der Waals surface area contributed by atoms with Crippen molar-refractivity contribution >= 4 is 32.8 Å². The van der Waals surface area contributed by atoms with Gasteiger partial charge in [-0.25, -0.2) is 0 Å². The molecular weight excluding hydrogens is 357 g/mol. The molecule has 0 aromatic rings. The van der Waals surface area contributed by atoms with Crippen molar-refractivity contribution in [2.45, 2.75) is 27.7 Å². The molecule has 2 nitrogen and oxygen atoms in total. The molecule has 0 saturated carbocycles. The summed E-state index contributed by atoms with van der Waals surface area (Å²) < 4.78 is 11.0. The Morgan fingerprint density at radius 1 is 1.29 bits per heavy atom. The van der Waals surface area contributed by atoms with Gasteiger partial charge >= 0.3 is 0 Å². The molecule has 0 amide bonds. The van der Waals surface area contributed by atoms with E-state index in [1.807, 2.05) is 19.9 Å². The molecule has 2 atom stereocenters. The van der Waals surface area contributed by atoms with Crippen LogP contribution in [0.15, 0.2) is 17.0 Å². The number of rotatable bonds is 3. The predicted octanol–water partition coefficient (Wildman–Crippen LogP) is 3.49. The molecule has 17 heavy (non-hydrogen) atoms. The minimum Gasteiger partial charge on any atom is -0.606 e. The SMILES string of the molecule is CC(C)C1=[C-]C(C(C)C)C=C1[P+](=O)[O-].Cl.Cl.[Zr]. The molecule has 0 aromatic carbocycles. The summed E-state index contributed by atoms with van der Waals surface area (Å²) in [4.78, 5) is 11.0. The molecule has 0 radical (unpaired) electrons. The summed E-state index contributed by atoms with van der Waals surface area (Å²) in [5, 5.41) is 0.480. The van der Waals surface area contributed by atoms with Gasteiger partial charge in [-0.1, -0.05) is 50.0 Å². The Morgan fingerprint density at radius 3 is 2.00 bits per heavy atom. The molecule has 0 aliphatic heterocycles. The monoisotopic (exact) mass is 373 g/mol. The number of hydrogen-bond acceptors (Lipinski definition) is 2. The predicted molar refractivity (Wildman–Crippen MR) is 70.1 cm³/mol. The van der Waals surface area contributed by atoms with Crippen LogP contribution in [0.2, 0.25) is 0 Å². The summed E-state index contributed by atoms with van der Waals surface area (Å²) in [6, 6.07) is 0. The maximum atomic E-state index is 11.0. The smallest absolute Gasteiger partial charge is 0.258 e. The van der Waals surface area contributed by atoms with Gasteiger partial charge in [0.1, 0.15) is 0 Å². The van der Waals surface area contributed by atoms with E-state index < -0.39 is 8.03 Å². The van der Waals surface area contributed by atoms with Gasteiger partial charge in [-0.2, -0.15) is 5.57 Å². The topological polar surface area (TPSA) is 40.1 Å². The molecule has 0 saturated heterocycles. The Labute approximate surface area is 136 Å². The van der Waals surface area contributed by atoms with Gasteiger partial charge in [0, 0.05) is 31.5 Å².